The molecule has 1 aliphatic heterocycles. The van der Waals surface area contributed by atoms with E-state index in [1.54, 1.807) is 0 Å². The van der Waals surface area contributed by atoms with E-state index in [0.29, 0.717) is 0 Å². The number of hydrogen-bond acceptors (Lipinski definition) is 1. The van der Waals surface area contributed by atoms with E-state index in [1.807, 2.05) is 13.8 Å². The maximum Gasteiger partial charge on any atom is 0.0121 e. The molecule has 2 unspecified atom stereocenters. The van der Waals surface area contributed by atoms with Crippen molar-refractivity contribution in [2.45, 2.75) is 111 Å². The molecule has 0 N–H and O–H groups in total. The Morgan fingerprint density at radius 1 is 0.762 bits per heavy atom. The van der Waals surface area contributed by atoms with Crippen LogP contribution in [0, 0.1) is 5.92 Å². The molecular formula is C20H43N. The molecule has 0 aromatic rings. The second-order valence-corrected chi connectivity index (χ2v) is 6.65. The summed E-state index contributed by atoms with van der Waals surface area (Å²) in [5, 5.41) is 0. The molecule has 0 amide bonds. The van der Waals surface area contributed by atoms with E-state index >= 15 is 0 Å². The largest absolute Gasteiger partial charge is 0.303 e. The van der Waals surface area contributed by atoms with E-state index in [0.717, 1.165) is 12.0 Å². The number of unbranched alkanes of at least 4 members (excludes halogenated alkanes) is 5. The van der Waals surface area contributed by atoms with Gasteiger partial charge in [-0.3, -0.25) is 0 Å². The van der Waals surface area contributed by atoms with Gasteiger partial charge in [-0.05, 0) is 38.8 Å². The highest BCUT2D eigenvalue weighted by Gasteiger charge is 2.31. The van der Waals surface area contributed by atoms with Crippen LogP contribution in [0.15, 0.2) is 0 Å². The second-order valence-electron chi connectivity index (χ2n) is 6.65. The lowest BCUT2D eigenvalue weighted by Crippen LogP contribution is -2.28. The fourth-order valence-corrected chi connectivity index (χ4v) is 3.67. The van der Waals surface area contributed by atoms with E-state index in [1.165, 1.54) is 83.6 Å². The van der Waals surface area contributed by atoms with Crippen LogP contribution in [0.4, 0.5) is 0 Å². The molecule has 0 spiro atoms. The summed E-state index contributed by atoms with van der Waals surface area (Å²) in [6.07, 6.45) is 17.4. The van der Waals surface area contributed by atoms with Crippen molar-refractivity contribution in [1.29, 1.82) is 0 Å². The van der Waals surface area contributed by atoms with E-state index in [9.17, 15) is 0 Å². The highest BCUT2D eigenvalue weighted by molar-refractivity contribution is 4.86. The lowest BCUT2D eigenvalue weighted by molar-refractivity contribution is 0.259. The summed E-state index contributed by atoms with van der Waals surface area (Å²) >= 11 is 0. The van der Waals surface area contributed by atoms with Gasteiger partial charge in [-0.1, -0.05) is 85.5 Å². The maximum absolute atomic E-state index is 2.58. The van der Waals surface area contributed by atoms with Crippen LogP contribution >= 0.6 is 0 Å². The summed E-state index contributed by atoms with van der Waals surface area (Å²) in [6, 6.07) is 0.956. The second kappa shape index (κ2) is 14.9. The number of hydrogen-bond donors (Lipinski definition) is 0. The van der Waals surface area contributed by atoms with E-state index in [2.05, 4.69) is 25.8 Å². The molecule has 2 rings (SSSR count). The van der Waals surface area contributed by atoms with Crippen LogP contribution in [0.1, 0.15) is 105 Å². The first-order valence-electron chi connectivity index (χ1n) is 9.99. The topological polar surface area (TPSA) is 3.24 Å². The van der Waals surface area contributed by atoms with Gasteiger partial charge in [-0.2, -0.15) is 0 Å². The van der Waals surface area contributed by atoms with Crippen molar-refractivity contribution in [3.8, 4) is 0 Å². The minimum atomic E-state index is 0.956. The molecule has 1 nitrogen and oxygen atoms in total. The van der Waals surface area contributed by atoms with Crippen LogP contribution in [-0.4, -0.2) is 24.5 Å². The monoisotopic (exact) mass is 297 g/mol. The lowest BCUT2D eigenvalue weighted by Gasteiger charge is -2.22. The number of rotatable bonds is 5. The molecule has 2 aliphatic rings. The molecular weight excluding hydrogens is 254 g/mol. The molecule has 1 heteroatoms. The summed E-state index contributed by atoms with van der Waals surface area (Å²) in [5.74, 6) is 1.06. The van der Waals surface area contributed by atoms with Crippen LogP contribution in [0.2, 0.25) is 0 Å². The minimum Gasteiger partial charge on any atom is -0.303 e. The molecule has 128 valence electrons. The van der Waals surface area contributed by atoms with Gasteiger partial charge in [0, 0.05) is 6.04 Å². The first-order valence-corrected chi connectivity index (χ1v) is 9.99. The van der Waals surface area contributed by atoms with Crippen molar-refractivity contribution in [2.75, 3.05) is 13.6 Å². The molecule has 0 aromatic heterocycles. The van der Waals surface area contributed by atoms with Crippen LogP contribution in [0.3, 0.4) is 0 Å². The molecule has 1 aliphatic carbocycles. The Bertz CT molecular complexity index is 196. The van der Waals surface area contributed by atoms with Gasteiger partial charge in [0.15, 0.2) is 0 Å². The maximum atomic E-state index is 2.58. The Morgan fingerprint density at radius 3 is 1.90 bits per heavy atom. The van der Waals surface area contributed by atoms with Gasteiger partial charge in [0.05, 0.1) is 0 Å². The fraction of sp³-hybridized carbons (Fsp3) is 1.00. The zero-order valence-corrected chi connectivity index (χ0v) is 15.8. The number of fused-ring (bicyclic) bond motifs is 1. The zero-order chi connectivity index (χ0) is 15.9. The van der Waals surface area contributed by atoms with Crippen molar-refractivity contribution < 1.29 is 0 Å². The molecule has 1 saturated carbocycles. The van der Waals surface area contributed by atoms with Crippen molar-refractivity contribution >= 4 is 0 Å². The Balaban J connectivity index is 0.000000358. The molecule has 1 saturated heterocycles. The highest BCUT2D eigenvalue weighted by Crippen LogP contribution is 2.33. The predicted molar refractivity (Wildman–Crippen MR) is 98.0 cm³/mol. The van der Waals surface area contributed by atoms with E-state index < -0.39 is 0 Å². The van der Waals surface area contributed by atoms with Gasteiger partial charge in [0.25, 0.3) is 0 Å². The molecule has 0 bridgehead atoms. The van der Waals surface area contributed by atoms with Crippen molar-refractivity contribution in [2.24, 2.45) is 5.92 Å². The quantitative estimate of drug-likeness (QED) is 0.512. The van der Waals surface area contributed by atoms with Gasteiger partial charge in [0.1, 0.15) is 0 Å². The van der Waals surface area contributed by atoms with Gasteiger partial charge in [-0.25, -0.2) is 0 Å². The van der Waals surface area contributed by atoms with Crippen LogP contribution in [0.25, 0.3) is 0 Å². The van der Waals surface area contributed by atoms with Crippen molar-refractivity contribution in [1.82, 2.24) is 4.90 Å². The normalized spacial score (nSPS) is 25.0. The molecule has 2 atom stereocenters. The predicted octanol–water partition coefficient (Wildman–Crippen LogP) is 6.66. The van der Waals surface area contributed by atoms with Crippen molar-refractivity contribution in [3.05, 3.63) is 0 Å². The summed E-state index contributed by atoms with van der Waals surface area (Å²) in [6.45, 7) is 9.87. The van der Waals surface area contributed by atoms with Gasteiger partial charge >= 0.3 is 0 Å². The SMILES string of the molecule is CC.CCCCCCCC.CN1CCC2CCCCCC21. The van der Waals surface area contributed by atoms with Gasteiger partial charge in [0.2, 0.25) is 0 Å². The minimum absolute atomic E-state index is 0.956. The molecule has 21 heavy (non-hydrogen) atoms. The molecule has 0 aromatic carbocycles. The Labute approximate surface area is 135 Å². The average molecular weight is 298 g/mol. The standard InChI is InChI=1S/C10H19N.C8H18.C2H6/c1-11-8-7-9-5-3-2-4-6-10(9)11;1-3-5-7-8-6-4-2;1-2/h9-10H,2-8H2,1H3;3-8H2,1-2H3;1-2H3. The molecule has 2 fully saturated rings. The first kappa shape index (κ1) is 21.0. The van der Waals surface area contributed by atoms with Crippen LogP contribution in [-0.2, 0) is 0 Å². The molecule has 0 radical (unpaired) electrons. The Morgan fingerprint density at radius 2 is 1.33 bits per heavy atom. The van der Waals surface area contributed by atoms with Crippen LogP contribution < -0.4 is 0 Å². The lowest BCUT2D eigenvalue weighted by atomic mass is 9.96. The Kier molecular flexibility index (Phi) is 14.9. The molecule has 1 heterocycles. The zero-order valence-electron chi connectivity index (χ0n) is 15.8. The van der Waals surface area contributed by atoms with Gasteiger partial charge < -0.3 is 4.90 Å². The third kappa shape index (κ3) is 9.55. The number of nitrogens with zero attached hydrogens (tertiary/aromatic N) is 1. The van der Waals surface area contributed by atoms with Crippen molar-refractivity contribution in [3.63, 3.8) is 0 Å². The number of likely N-dealkylation sites (tertiary alicyclic amines) is 1. The summed E-state index contributed by atoms with van der Waals surface area (Å²) in [4.78, 5) is 2.58. The smallest absolute Gasteiger partial charge is 0.0121 e. The Hall–Kier alpha value is -0.0400. The summed E-state index contributed by atoms with van der Waals surface area (Å²) in [7, 11) is 2.30. The van der Waals surface area contributed by atoms with Gasteiger partial charge in [-0.15, -0.1) is 0 Å². The summed E-state index contributed by atoms with van der Waals surface area (Å²) in [5.41, 5.74) is 0. The third-order valence-corrected chi connectivity index (χ3v) is 4.99. The fourth-order valence-electron chi connectivity index (χ4n) is 3.67. The first-order chi connectivity index (χ1) is 10.3. The van der Waals surface area contributed by atoms with E-state index in [-0.39, 0.29) is 0 Å². The van der Waals surface area contributed by atoms with Crippen LogP contribution in [0.5, 0.6) is 0 Å². The highest BCUT2D eigenvalue weighted by atomic mass is 15.2. The average Bonchev–Trinajstić information content (AvgIpc) is 2.74. The summed E-state index contributed by atoms with van der Waals surface area (Å²) < 4.78 is 0. The van der Waals surface area contributed by atoms with E-state index in [4.69, 9.17) is 0 Å². The third-order valence-electron chi connectivity index (χ3n) is 4.99.